The Kier molecular flexibility index (Phi) is 4.35. The van der Waals surface area contributed by atoms with Crippen LogP contribution in [0.1, 0.15) is 33.9 Å². The number of halogens is 1. The standard InChI is InChI=1S/C18H15BrN2O2/c1-23-14-4-2-3-12(9-14)11-21-17(7-8-20)15-6-5-13(19)10-16(15)18(21)22/h2-6,9-10,17H,7,11H2,1H3. The Hall–Kier alpha value is -2.32. The van der Waals surface area contributed by atoms with Crippen LogP contribution in [-0.2, 0) is 6.54 Å². The molecular weight excluding hydrogens is 356 g/mol. The van der Waals surface area contributed by atoms with Crippen LogP contribution in [0.5, 0.6) is 5.75 Å². The Labute approximate surface area is 143 Å². The zero-order chi connectivity index (χ0) is 16.4. The molecule has 0 saturated heterocycles. The highest BCUT2D eigenvalue weighted by Gasteiger charge is 2.36. The fourth-order valence-electron chi connectivity index (χ4n) is 2.92. The number of amides is 1. The van der Waals surface area contributed by atoms with E-state index in [-0.39, 0.29) is 18.4 Å². The molecule has 0 aliphatic carbocycles. The Morgan fingerprint density at radius 3 is 2.87 bits per heavy atom. The summed E-state index contributed by atoms with van der Waals surface area (Å²) in [4.78, 5) is 14.5. The Balaban J connectivity index is 1.95. The molecule has 0 fully saturated rings. The van der Waals surface area contributed by atoms with Gasteiger partial charge in [-0.15, -0.1) is 0 Å². The van der Waals surface area contributed by atoms with Crippen molar-refractivity contribution in [1.29, 1.82) is 5.26 Å². The van der Waals surface area contributed by atoms with E-state index in [4.69, 9.17) is 10.00 Å². The van der Waals surface area contributed by atoms with E-state index in [1.165, 1.54) is 0 Å². The summed E-state index contributed by atoms with van der Waals surface area (Å²) in [6.07, 6.45) is 0.282. The van der Waals surface area contributed by atoms with E-state index in [9.17, 15) is 4.79 Å². The summed E-state index contributed by atoms with van der Waals surface area (Å²) in [6, 6.07) is 15.3. The van der Waals surface area contributed by atoms with Crippen molar-refractivity contribution < 1.29 is 9.53 Å². The van der Waals surface area contributed by atoms with Gasteiger partial charge < -0.3 is 9.64 Å². The molecule has 116 valence electrons. The molecule has 1 heterocycles. The first-order valence-corrected chi connectivity index (χ1v) is 8.03. The predicted molar refractivity (Wildman–Crippen MR) is 90.0 cm³/mol. The molecule has 1 amide bonds. The van der Waals surface area contributed by atoms with Crippen molar-refractivity contribution in [3.8, 4) is 11.8 Å². The third-order valence-corrected chi connectivity index (χ3v) is 4.51. The summed E-state index contributed by atoms with van der Waals surface area (Å²) >= 11 is 3.40. The predicted octanol–water partition coefficient (Wildman–Crippen LogP) is 4.07. The third kappa shape index (κ3) is 2.95. The maximum Gasteiger partial charge on any atom is 0.255 e. The number of ether oxygens (including phenoxy) is 1. The van der Waals surface area contributed by atoms with Gasteiger partial charge in [0.1, 0.15) is 5.75 Å². The average Bonchev–Trinajstić information content (AvgIpc) is 2.81. The summed E-state index contributed by atoms with van der Waals surface area (Å²) in [5.74, 6) is 0.718. The highest BCUT2D eigenvalue weighted by Crippen LogP contribution is 2.38. The second kappa shape index (κ2) is 6.43. The smallest absolute Gasteiger partial charge is 0.255 e. The quantitative estimate of drug-likeness (QED) is 0.814. The molecule has 0 saturated carbocycles. The first-order chi connectivity index (χ1) is 11.1. The van der Waals surface area contributed by atoms with Crippen molar-refractivity contribution in [3.05, 3.63) is 63.6 Å². The number of nitriles is 1. The topological polar surface area (TPSA) is 53.3 Å². The lowest BCUT2D eigenvalue weighted by atomic mass is 10.0. The molecule has 1 atom stereocenters. The first kappa shape index (κ1) is 15.6. The molecule has 0 N–H and O–H groups in total. The van der Waals surface area contributed by atoms with Gasteiger partial charge in [0.05, 0.1) is 25.6 Å². The van der Waals surface area contributed by atoms with Gasteiger partial charge in [-0.2, -0.15) is 5.26 Å². The number of methoxy groups -OCH3 is 1. The molecule has 1 aliphatic heterocycles. The fraction of sp³-hybridized carbons (Fsp3) is 0.222. The van der Waals surface area contributed by atoms with Crippen molar-refractivity contribution in [1.82, 2.24) is 4.90 Å². The van der Waals surface area contributed by atoms with Crippen LogP contribution in [0.3, 0.4) is 0 Å². The SMILES string of the molecule is COc1cccc(CN2C(=O)c3cc(Br)ccc3C2CC#N)c1. The average molecular weight is 371 g/mol. The maximum absolute atomic E-state index is 12.8. The lowest BCUT2D eigenvalue weighted by molar-refractivity contribution is 0.0712. The van der Waals surface area contributed by atoms with Crippen LogP contribution >= 0.6 is 15.9 Å². The summed E-state index contributed by atoms with van der Waals surface area (Å²) in [5, 5.41) is 9.14. The van der Waals surface area contributed by atoms with Crippen LogP contribution in [0.25, 0.3) is 0 Å². The monoisotopic (exact) mass is 370 g/mol. The van der Waals surface area contributed by atoms with E-state index < -0.39 is 0 Å². The van der Waals surface area contributed by atoms with Gasteiger partial charge >= 0.3 is 0 Å². The minimum Gasteiger partial charge on any atom is -0.497 e. The first-order valence-electron chi connectivity index (χ1n) is 7.24. The van der Waals surface area contributed by atoms with Crippen LogP contribution in [0.4, 0.5) is 0 Å². The van der Waals surface area contributed by atoms with Crippen molar-refractivity contribution >= 4 is 21.8 Å². The van der Waals surface area contributed by atoms with E-state index in [0.29, 0.717) is 12.1 Å². The van der Waals surface area contributed by atoms with Crippen molar-refractivity contribution in [2.75, 3.05) is 7.11 Å². The summed E-state index contributed by atoms with van der Waals surface area (Å²) in [5.41, 5.74) is 2.57. The van der Waals surface area contributed by atoms with E-state index >= 15 is 0 Å². The maximum atomic E-state index is 12.8. The molecule has 4 nitrogen and oxygen atoms in total. The second-order valence-corrected chi connectivity index (χ2v) is 6.31. The number of nitrogens with zero attached hydrogens (tertiary/aromatic N) is 2. The fourth-order valence-corrected chi connectivity index (χ4v) is 3.29. The Morgan fingerprint density at radius 2 is 2.13 bits per heavy atom. The van der Waals surface area contributed by atoms with Gasteiger partial charge in [-0.3, -0.25) is 4.79 Å². The number of carbonyl (C=O) groups is 1. The second-order valence-electron chi connectivity index (χ2n) is 5.39. The minimum atomic E-state index is -0.207. The zero-order valence-electron chi connectivity index (χ0n) is 12.6. The summed E-state index contributed by atoms with van der Waals surface area (Å²) < 4.78 is 6.10. The number of hydrogen-bond acceptors (Lipinski definition) is 3. The van der Waals surface area contributed by atoms with Crippen LogP contribution in [0.15, 0.2) is 46.9 Å². The number of fused-ring (bicyclic) bond motifs is 1. The van der Waals surface area contributed by atoms with Crippen LogP contribution in [-0.4, -0.2) is 17.9 Å². The molecule has 5 heteroatoms. The van der Waals surface area contributed by atoms with Gasteiger partial charge in [0.15, 0.2) is 0 Å². The highest BCUT2D eigenvalue weighted by atomic mass is 79.9. The summed E-state index contributed by atoms with van der Waals surface area (Å²) in [7, 11) is 1.62. The van der Waals surface area contributed by atoms with Gasteiger partial charge in [-0.25, -0.2) is 0 Å². The van der Waals surface area contributed by atoms with Crippen molar-refractivity contribution in [2.45, 2.75) is 19.0 Å². The molecular formula is C18H15BrN2O2. The van der Waals surface area contributed by atoms with Gasteiger partial charge in [0, 0.05) is 16.6 Å². The van der Waals surface area contributed by atoms with E-state index in [1.54, 1.807) is 12.0 Å². The zero-order valence-corrected chi connectivity index (χ0v) is 14.2. The molecule has 0 spiro atoms. The molecule has 0 aromatic heterocycles. The van der Waals surface area contributed by atoms with Crippen molar-refractivity contribution in [2.24, 2.45) is 0 Å². The normalized spacial score (nSPS) is 16.1. The van der Waals surface area contributed by atoms with Crippen molar-refractivity contribution in [3.63, 3.8) is 0 Å². The number of rotatable bonds is 4. The molecule has 0 radical (unpaired) electrons. The largest absolute Gasteiger partial charge is 0.497 e. The molecule has 2 aromatic rings. The molecule has 1 unspecified atom stereocenters. The Morgan fingerprint density at radius 1 is 1.30 bits per heavy atom. The summed E-state index contributed by atoms with van der Waals surface area (Å²) in [6.45, 7) is 0.453. The number of hydrogen-bond donors (Lipinski definition) is 0. The van der Waals surface area contributed by atoms with Crippen LogP contribution in [0, 0.1) is 11.3 Å². The molecule has 0 bridgehead atoms. The number of carbonyl (C=O) groups excluding carboxylic acids is 1. The lowest BCUT2D eigenvalue weighted by Crippen LogP contribution is -2.27. The van der Waals surface area contributed by atoms with E-state index in [1.807, 2.05) is 42.5 Å². The lowest BCUT2D eigenvalue weighted by Gasteiger charge is -2.23. The van der Waals surface area contributed by atoms with E-state index in [0.717, 1.165) is 21.3 Å². The highest BCUT2D eigenvalue weighted by molar-refractivity contribution is 9.10. The molecule has 2 aromatic carbocycles. The van der Waals surface area contributed by atoms with Crippen LogP contribution in [0.2, 0.25) is 0 Å². The Bertz CT molecular complexity index is 798. The van der Waals surface area contributed by atoms with Gasteiger partial charge in [-0.1, -0.05) is 34.1 Å². The molecule has 1 aliphatic rings. The van der Waals surface area contributed by atoms with Gasteiger partial charge in [0.25, 0.3) is 5.91 Å². The molecule has 23 heavy (non-hydrogen) atoms. The minimum absolute atomic E-state index is 0.0376. The van der Waals surface area contributed by atoms with Crippen LogP contribution < -0.4 is 4.74 Å². The van der Waals surface area contributed by atoms with Gasteiger partial charge in [0.2, 0.25) is 0 Å². The van der Waals surface area contributed by atoms with Gasteiger partial charge in [-0.05, 0) is 35.4 Å². The molecule has 3 rings (SSSR count). The third-order valence-electron chi connectivity index (χ3n) is 4.01. The number of benzene rings is 2. The van der Waals surface area contributed by atoms with E-state index in [2.05, 4.69) is 22.0 Å².